The van der Waals surface area contributed by atoms with Crippen LogP contribution in [-0.4, -0.2) is 21.4 Å². The molecule has 118 valence electrons. The summed E-state index contributed by atoms with van der Waals surface area (Å²) in [6.07, 6.45) is 2.06. The van der Waals surface area contributed by atoms with Crippen LogP contribution < -0.4 is 5.56 Å². The van der Waals surface area contributed by atoms with Gasteiger partial charge in [-0.25, -0.2) is 9.37 Å². The van der Waals surface area contributed by atoms with Gasteiger partial charge in [0.25, 0.3) is 5.56 Å². The largest absolute Gasteiger partial charge is 0.308 e. The van der Waals surface area contributed by atoms with Crippen molar-refractivity contribution in [2.45, 2.75) is 25.4 Å². The number of benzene rings is 1. The monoisotopic (exact) mass is 329 g/mol. The minimum absolute atomic E-state index is 0.0819. The van der Waals surface area contributed by atoms with Gasteiger partial charge in [0.05, 0.1) is 12.1 Å². The maximum Gasteiger partial charge on any atom is 0.268 e. The molecule has 4 nitrogen and oxygen atoms in total. The highest BCUT2D eigenvalue weighted by Gasteiger charge is 2.27. The van der Waals surface area contributed by atoms with Crippen molar-refractivity contribution in [3.8, 4) is 0 Å². The lowest BCUT2D eigenvalue weighted by molar-refractivity contribution is 0.242. The Balaban J connectivity index is 1.62. The van der Waals surface area contributed by atoms with Crippen molar-refractivity contribution in [1.82, 2.24) is 14.9 Å². The number of halogens is 1. The number of nitrogens with zero attached hydrogens (tertiary/aromatic N) is 2. The molecule has 0 aliphatic carbocycles. The molecule has 1 N–H and O–H groups in total. The van der Waals surface area contributed by atoms with Gasteiger partial charge in [-0.2, -0.15) is 0 Å². The van der Waals surface area contributed by atoms with E-state index in [1.54, 1.807) is 12.1 Å². The van der Waals surface area contributed by atoms with Gasteiger partial charge in [0, 0.05) is 6.04 Å². The molecule has 0 radical (unpaired) electrons. The highest BCUT2D eigenvalue weighted by molar-refractivity contribution is 7.17. The molecule has 23 heavy (non-hydrogen) atoms. The number of H-pyrrole nitrogens is 1. The first kappa shape index (κ1) is 14.5. The van der Waals surface area contributed by atoms with E-state index < -0.39 is 0 Å². The minimum atomic E-state index is -0.208. The van der Waals surface area contributed by atoms with E-state index in [1.165, 1.54) is 17.4 Å². The van der Waals surface area contributed by atoms with E-state index >= 15 is 0 Å². The molecular weight excluding hydrogens is 313 g/mol. The van der Waals surface area contributed by atoms with E-state index in [9.17, 15) is 9.18 Å². The van der Waals surface area contributed by atoms with Crippen molar-refractivity contribution >= 4 is 21.6 Å². The van der Waals surface area contributed by atoms with E-state index in [2.05, 4.69) is 14.9 Å². The van der Waals surface area contributed by atoms with Crippen molar-refractivity contribution in [2.75, 3.05) is 6.54 Å². The Morgan fingerprint density at radius 2 is 2.30 bits per heavy atom. The van der Waals surface area contributed by atoms with Crippen molar-refractivity contribution in [3.63, 3.8) is 0 Å². The van der Waals surface area contributed by atoms with Gasteiger partial charge in [0.2, 0.25) is 0 Å². The predicted octanol–water partition coefficient (Wildman–Crippen LogP) is 3.46. The maximum absolute atomic E-state index is 13.5. The fourth-order valence-electron chi connectivity index (χ4n) is 3.30. The highest BCUT2D eigenvalue weighted by atomic mass is 32.1. The summed E-state index contributed by atoms with van der Waals surface area (Å²) in [4.78, 5) is 21.8. The predicted molar refractivity (Wildman–Crippen MR) is 89.0 cm³/mol. The second kappa shape index (κ2) is 5.86. The molecule has 1 aliphatic heterocycles. The van der Waals surface area contributed by atoms with Gasteiger partial charge in [0.1, 0.15) is 16.3 Å². The third-order valence-corrected chi connectivity index (χ3v) is 5.22. The lowest BCUT2D eigenvalue weighted by Gasteiger charge is -2.24. The Morgan fingerprint density at radius 1 is 1.39 bits per heavy atom. The van der Waals surface area contributed by atoms with E-state index in [4.69, 9.17) is 0 Å². The minimum Gasteiger partial charge on any atom is -0.308 e. The summed E-state index contributed by atoms with van der Waals surface area (Å²) in [5.41, 5.74) is 1.65. The fourth-order valence-corrected chi connectivity index (χ4v) is 4.02. The van der Waals surface area contributed by atoms with Crippen LogP contribution in [0.2, 0.25) is 0 Å². The van der Waals surface area contributed by atoms with Crippen molar-refractivity contribution in [2.24, 2.45) is 0 Å². The second-order valence-corrected chi connectivity index (χ2v) is 6.75. The smallest absolute Gasteiger partial charge is 0.268 e. The van der Waals surface area contributed by atoms with E-state index in [0.29, 0.717) is 17.1 Å². The molecule has 1 aliphatic rings. The summed E-state index contributed by atoms with van der Waals surface area (Å²) in [6.45, 7) is 1.49. The van der Waals surface area contributed by atoms with Gasteiger partial charge in [-0.15, -0.1) is 11.3 Å². The lowest BCUT2D eigenvalue weighted by atomic mass is 10.0. The van der Waals surface area contributed by atoms with Crippen molar-refractivity contribution in [1.29, 1.82) is 0 Å². The second-order valence-electron chi connectivity index (χ2n) is 5.83. The summed E-state index contributed by atoms with van der Waals surface area (Å²) >= 11 is 1.40. The normalized spacial score (nSPS) is 18.7. The molecule has 2 aromatic heterocycles. The highest BCUT2D eigenvalue weighted by Crippen LogP contribution is 2.33. The molecule has 1 fully saturated rings. The van der Waals surface area contributed by atoms with Gasteiger partial charge >= 0.3 is 0 Å². The average molecular weight is 329 g/mol. The van der Waals surface area contributed by atoms with Crippen molar-refractivity contribution in [3.05, 3.63) is 63.3 Å². The zero-order chi connectivity index (χ0) is 15.8. The van der Waals surface area contributed by atoms with E-state index in [0.717, 1.165) is 30.5 Å². The van der Waals surface area contributed by atoms with Crippen molar-refractivity contribution < 1.29 is 4.39 Å². The first-order valence-corrected chi connectivity index (χ1v) is 8.54. The quantitative estimate of drug-likeness (QED) is 0.800. The number of hydrogen-bond acceptors (Lipinski definition) is 4. The van der Waals surface area contributed by atoms with Gasteiger partial charge in [0.15, 0.2) is 0 Å². The van der Waals surface area contributed by atoms with Crippen LogP contribution in [0.25, 0.3) is 10.2 Å². The number of thiophene rings is 1. The molecule has 0 spiro atoms. The number of fused-ring (bicyclic) bond motifs is 1. The number of nitrogens with one attached hydrogen (secondary N) is 1. The molecule has 0 saturated carbocycles. The summed E-state index contributed by atoms with van der Waals surface area (Å²) in [6, 6.07) is 8.82. The Morgan fingerprint density at radius 3 is 3.17 bits per heavy atom. The van der Waals surface area contributed by atoms with Crippen LogP contribution in [0.1, 0.15) is 30.3 Å². The van der Waals surface area contributed by atoms with Gasteiger partial charge in [-0.05, 0) is 48.5 Å². The Hall–Kier alpha value is -2.05. The van der Waals surface area contributed by atoms with Crippen LogP contribution in [-0.2, 0) is 6.54 Å². The standard InChI is InChI=1S/C17H16FN3OS/c18-12-4-1-3-11(9-12)14-5-2-7-21(14)10-15-19-13-6-8-23-16(13)17(22)20-15/h1,3-4,6,8-9,14H,2,5,7,10H2,(H,19,20,22)/t14-/m1/s1. The number of hydrogen-bond donors (Lipinski definition) is 1. The molecule has 1 saturated heterocycles. The van der Waals surface area contributed by atoms with Gasteiger partial charge in [-0.1, -0.05) is 12.1 Å². The van der Waals surface area contributed by atoms with Gasteiger partial charge in [-0.3, -0.25) is 9.69 Å². The van der Waals surface area contributed by atoms with Crippen LogP contribution in [0.4, 0.5) is 4.39 Å². The third-order valence-electron chi connectivity index (χ3n) is 4.31. The lowest BCUT2D eigenvalue weighted by Crippen LogP contribution is -2.25. The summed E-state index contributed by atoms with van der Waals surface area (Å²) in [5, 5.41) is 1.88. The Kier molecular flexibility index (Phi) is 3.71. The molecule has 1 aromatic carbocycles. The molecule has 0 amide bonds. The summed E-state index contributed by atoms with van der Waals surface area (Å²) < 4.78 is 14.2. The molecule has 0 unspecified atom stereocenters. The third kappa shape index (κ3) is 2.80. The number of rotatable bonds is 3. The molecule has 1 atom stereocenters. The SMILES string of the molecule is O=c1[nH]c(CN2CCC[C@@H]2c2cccc(F)c2)nc2ccsc12. The molecular formula is C17H16FN3OS. The van der Waals surface area contributed by atoms with E-state index in [1.807, 2.05) is 17.5 Å². The topological polar surface area (TPSA) is 49.0 Å². The molecule has 3 heterocycles. The summed E-state index contributed by atoms with van der Waals surface area (Å²) in [5.74, 6) is 0.463. The molecule has 6 heteroatoms. The van der Waals surface area contributed by atoms with Gasteiger partial charge < -0.3 is 4.98 Å². The first-order valence-electron chi connectivity index (χ1n) is 7.66. The molecule has 3 aromatic rings. The maximum atomic E-state index is 13.5. The molecule has 0 bridgehead atoms. The van der Waals surface area contributed by atoms with Crippen LogP contribution in [0.5, 0.6) is 0 Å². The number of aromatic nitrogens is 2. The average Bonchev–Trinajstić information content (AvgIpc) is 3.16. The van der Waals surface area contributed by atoms with Crippen LogP contribution in [0.3, 0.4) is 0 Å². The van der Waals surface area contributed by atoms with Crippen LogP contribution in [0, 0.1) is 5.82 Å². The fraction of sp³-hybridized carbons (Fsp3) is 0.294. The Bertz CT molecular complexity index is 904. The summed E-state index contributed by atoms with van der Waals surface area (Å²) in [7, 11) is 0. The molecule has 4 rings (SSSR count). The van der Waals surface area contributed by atoms with Crippen LogP contribution in [0.15, 0.2) is 40.5 Å². The Labute approximate surface area is 136 Å². The van der Waals surface area contributed by atoms with Crippen LogP contribution >= 0.6 is 11.3 Å². The zero-order valence-corrected chi connectivity index (χ0v) is 13.3. The number of likely N-dealkylation sites (tertiary alicyclic amines) is 1. The van der Waals surface area contributed by atoms with E-state index in [-0.39, 0.29) is 17.4 Å². The zero-order valence-electron chi connectivity index (χ0n) is 12.5. The first-order chi connectivity index (χ1) is 11.2. The number of aromatic amines is 1.